The second-order valence-corrected chi connectivity index (χ2v) is 6.64. The second kappa shape index (κ2) is 7.45. The first kappa shape index (κ1) is 17.9. The van der Waals surface area contributed by atoms with Gasteiger partial charge in [-0.1, -0.05) is 26.7 Å². The molecule has 0 aromatic carbocycles. The number of thiophene rings is 1. The number of rotatable bonds is 7. The fourth-order valence-corrected chi connectivity index (χ4v) is 3.69. The number of carbonyl (C=O) groups excluding carboxylic acids is 3. The summed E-state index contributed by atoms with van der Waals surface area (Å²) < 4.78 is 0. The van der Waals surface area contributed by atoms with Crippen LogP contribution >= 0.6 is 11.3 Å². The monoisotopic (exact) mass is 348 g/mol. The van der Waals surface area contributed by atoms with Crippen LogP contribution in [0.25, 0.3) is 0 Å². The molecule has 1 aliphatic heterocycles. The van der Waals surface area contributed by atoms with Gasteiger partial charge in [0.1, 0.15) is 23.2 Å². The average Bonchev–Trinajstić information content (AvgIpc) is 3.06. The highest BCUT2D eigenvalue weighted by molar-refractivity contribution is 7.14. The molecular formula is C16H20N4O3S. The summed E-state index contributed by atoms with van der Waals surface area (Å²) in [5.41, 5.74) is -0.543. The van der Waals surface area contributed by atoms with Gasteiger partial charge in [-0.2, -0.15) is 5.26 Å². The number of nitrogens with one attached hydrogen (secondary N) is 2. The van der Waals surface area contributed by atoms with Crippen molar-refractivity contribution in [1.29, 1.82) is 5.26 Å². The third-order valence-corrected chi connectivity index (χ3v) is 4.77. The average molecular weight is 348 g/mol. The number of nitrogens with zero attached hydrogens (tertiary/aromatic N) is 2. The van der Waals surface area contributed by atoms with E-state index in [0.717, 1.165) is 17.7 Å². The van der Waals surface area contributed by atoms with Crippen LogP contribution in [0.2, 0.25) is 0 Å². The summed E-state index contributed by atoms with van der Waals surface area (Å²) in [5.74, 6) is -0.848. The van der Waals surface area contributed by atoms with Crippen molar-refractivity contribution >= 4 is 34.2 Å². The Morgan fingerprint density at radius 1 is 1.38 bits per heavy atom. The normalized spacial score (nSPS) is 16.0. The molecule has 4 amide bonds. The fraction of sp³-hybridized carbons (Fsp3) is 0.500. The fourth-order valence-electron chi connectivity index (χ4n) is 2.94. The van der Waals surface area contributed by atoms with Gasteiger partial charge in [-0.15, -0.1) is 11.3 Å². The molecule has 8 heteroatoms. The molecule has 1 aromatic rings. The number of urea groups is 1. The maximum Gasteiger partial charge on any atom is 0.325 e. The molecule has 0 unspecified atom stereocenters. The molecule has 0 saturated carbocycles. The first-order valence-electron chi connectivity index (χ1n) is 7.89. The third kappa shape index (κ3) is 3.41. The van der Waals surface area contributed by atoms with E-state index in [-0.39, 0.29) is 12.5 Å². The topological polar surface area (TPSA) is 102 Å². The van der Waals surface area contributed by atoms with E-state index in [0.29, 0.717) is 23.4 Å². The van der Waals surface area contributed by atoms with Gasteiger partial charge in [0.05, 0.1) is 5.56 Å². The lowest BCUT2D eigenvalue weighted by atomic mass is 9.88. The highest BCUT2D eigenvalue weighted by Crippen LogP contribution is 2.28. The zero-order chi connectivity index (χ0) is 17.7. The van der Waals surface area contributed by atoms with Crippen LogP contribution in [0.15, 0.2) is 11.4 Å². The smallest absolute Gasteiger partial charge is 0.323 e. The molecule has 1 fully saturated rings. The van der Waals surface area contributed by atoms with Crippen LogP contribution in [0, 0.1) is 11.3 Å². The largest absolute Gasteiger partial charge is 0.325 e. The molecule has 1 saturated heterocycles. The summed E-state index contributed by atoms with van der Waals surface area (Å²) >= 11 is 1.22. The molecule has 7 nitrogen and oxygen atoms in total. The first-order chi connectivity index (χ1) is 11.5. The number of imide groups is 1. The van der Waals surface area contributed by atoms with Crippen LogP contribution < -0.4 is 10.6 Å². The number of hydrogen-bond acceptors (Lipinski definition) is 5. The maximum absolute atomic E-state index is 12.7. The molecule has 128 valence electrons. The Labute approximate surface area is 144 Å². The van der Waals surface area contributed by atoms with E-state index in [9.17, 15) is 14.4 Å². The Bertz CT molecular complexity index is 686. The minimum absolute atomic E-state index is 0.349. The van der Waals surface area contributed by atoms with Crippen molar-refractivity contribution in [2.75, 3.05) is 11.9 Å². The van der Waals surface area contributed by atoms with Crippen LogP contribution in [0.5, 0.6) is 0 Å². The molecule has 0 radical (unpaired) electrons. The van der Waals surface area contributed by atoms with Gasteiger partial charge in [0, 0.05) is 0 Å². The van der Waals surface area contributed by atoms with Gasteiger partial charge in [-0.3, -0.25) is 14.5 Å². The number of amides is 4. The first-order valence-corrected chi connectivity index (χ1v) is 8.77. The van der Waals surface area contributed by atoms with Crippen molar-refractivity contribution in [2.45, 2.75) is 45.1 Å². The molecule has 0 aliphatic carbocycles. The Balaban J connectivity index is 2.09. The Kier molecular flexibility index (Phi) is 5.57. The summed E-state index contributed by atoms with van der Waals surface area (Å²) in [5, 5.41) is 16.4. The van der Waals surface area contributed by atoms with Crippen LogP contribution in [-0.2, 0) is 9.59 Å². The van der Waals surface area contributed by atoms with Crippen LogP contribution in [0.3, 0.4) is 0 Å². The minimum atomic E-state index is -0.901. The molecule has 2 heterocycles. The molecule has 1 aromatic heterocycles. The van der Waals surface area contributed by atoms with E-state index < -0.39 is 17.5 Å². The highest BCUT2D eigenvalue weighted by Gasteiger charge is 2.50. The number of carbonyl (C=O) groups is 3. The van der Waals surface area contributed by atoms with Crippen molar-refractivity contribution in [3.05, 3.63) is 17.0 Å². The maximum atomic E-state index is 12.7. The van der Waals surface area contributed by atoms with Crippen molar-refractivity contribution in [3.8, 4) is 6.07 Å². The zero-order valence-corrected chi connectivity index (χ0v) is 14.5. The van der Waals surface area contributed by atoms with E-state index in [1.807, 2.05) is 19.9 Å². The standard InChI is InChI=1S/C16H20N4O3S/c1-3-6-16(7-4-2)14(22)20(15(23)19-16)10-12(21)18-13-11(9-17)5-8-24-13/h5,8H,3-4,6-7,10H2,1-2H3,(H,18,21)(H,19,23). The molecule has 0 bridgehead atoms. The summed E-state index contributed by atoms with van der Waals surface area (Å²) in [6, 6.07) is 3.04. The van der Waals surface area contributed by atoms with Crippen LogP contribution in [0.1, 0.15) is 45.1 Å². The van der Waals surface area contributed by atoms with E-state index >= 15 is 0 Å². The molecule has 2 rings (SSSR count). The van der Waals surface area contributed by atoms with Gasteiger partial charge in [-0.05, 0) is 24.3 Å². The Morgan fingerprint density at radius 2 is 2.04 bits per heavy atom. The predicted molar refractivity (Wildman–Crippen MR) is 90.5 cm³/mol. The van der Waals surface area contributed by atoms with E-state index in [1.54, 1.807) is 11.4 Å². The Hall–Kier alpha value is -2.40. The van der Waals surface area contributed by atoms with Crippen molar-refractivity contribution in [2.24, 2.45) is 0 Å². The van der Waals surface area contributed by atoms with Gasteiger partial charge in [0.15, 0.2) is 0 Å². The molecular weight excluding hydrogens is 328 g/mol. The van der Waals surface area contributed by atoms with Gasteiger partial charge in [0.25, 0.3) is 5.91 Å². The number of anilines is 1. The summed E-state index contributed by atoms with van der Waals surface area (Å²) in [7, 11) is 0. The summed E-state index contributed by atoms with van der Waals surface area (Å²) in [4.78, 5) is 38.0. The quantitative estimate of drug-likeness (QED) is 0.739. The van der Waals surface area contributed by atoms with E-state index in [1.165, 1.54) is 11.3 Å². The van der Waals surface area contributed by atoms with Crippen molar-refractivity contribution in [3.63, 3.8) is 0 Å². The van der Waals surface area contributed by atoms with E-state index in [2.05, 4.69) is 10.6 Å². The summed E-state index contributed by atoms with van der Waals surface area (Å²) in [6.07, 6.45) is 2.61. The molecule has 2 N–H and O–H groups in total. The lowest BCUT2D eigenvalue weighted by Gasteiger charge is -2.25. The van der Waals surface area contributed by atoms with Crippen molar-refractivity contribution < 1.29 is 14.4 Å². The third-order valence-electron chi connectivity index (χ3n) is 3.94. The van der Waals surface area contributed by atoms with Gasteiger partial charge < -0.3 is 10.6 Å². The number of nitriles is 1. The molecule has 0 atom stereocenters. The van der Waals surface area contributed by atoms with Crippen LogP contribution in [-0.4, -0.2) is 34.8 Å². The lowest BCUT2D eigenvalue weighted by molar-refractivity contribution is -0.134. The molecule has 24 heavy (non-hydrogen) atoms. The number of hydrogen-bond donors (Lipinski definition) is 2. The predicted octanol–water partition coefficient (Wildman–Crippen LogP) is 2.45. The molecule has 0 spiro atoms. The van der Waals surface area contributed by atoms with Crippen molar-refractivity contribution in [1.82, 2.24) is 10.2 Å². The van der Waals surface area contributed by atoms with Gasteiger partial charge >= 0.3 is 6.03 Å². The summed E-state index contributed by atoms with van der Waals surface area (Å²) in [6.45, 7) is 3.54. The minimum Gasteiger partial charge on any atom is -0.323 e. The second-order valence-electron chi connectivity index (χ2n) is 5.73. The lowest BCUT2D eigenvalue weighted by Crippen LogP contribution is -2.47. The highest BCUT2D eigenvalue weighted by atomic mass is 32.1. The van der Waals surface area contributed by atoms with Gasteiger partial charge in [-0.25, -0.2) is 4.79 Å². The van der Waals surface area contributed by atoms with Gasteiger partial charge in [0.2, 0.25) is 5.91 Å². The van der Waals surface area contributed by atoms with Crippen LogP contribution in [0.4, 0.5) is 9.80 Å². The Morgan fingerprint density at radius 3 is 2.62 bits per heavy atom. The SMILES string of the molecule is CCCC1(CCC)NC(=O)N(CC(=O)Nc2sccc2C#N)C1=O. The zero-order valence-electron chi connectivity index (χ0n) is 13.7. The molecule has 1 aliphatic rings. The van der Waals surface area contributed by atoms with E-state index in [4.69, 9.17) is 5.26 Å².